The number of hydrazone groups is 1. The van der Waals surface area contributed by atoms with E-state index in [9.17, 15) is 19.5 Å². The van der Waals surface area contributed by atoms with Gasteiger partial charge in [0.2, 0.25) is 0 Å². The Hall–Kier alpha value is -3.54. The summed E-state index contributed by atoms with van der Waals surface area (Å²) in [5, 5.41) is 34.0. The second kappa shape index (κ2) is 11.9. The van der Waals surface area contributed by atoms with Crippen LogP contribution in [0, 0.1) is 0 Å². The van der Waals surface area contributed by atoms with Crippen molar-refractivity contribution in [1.82, 2.24) is 25.1 Å². The van der Waals surface area contributed by atoms with Crippen molar-refractivity contribution in [2.75, 3.05) is 37.0 Å². The van der Waals surface area contributed by atoms with Crippen molar-refractivity contribution in [3.8, 4) is 0 Å². The number of aliphatic carboxylic acids is 1. The zero-order valence-corrected chi connectivity index (χ0v) is 23.7. The predicted molar refractivity (Wildman–Crippen MR) is 152 cm³/mol. The first-order valence-electron chi connectivity index (χ1n) is 12.2. The van der Waals surface area contributed by atoms with Gasteiger partial charge in [-0.25, -0.2) is 14.8 Å². The second-order valence-electron chi connectivity index (χ2n) is 8.65. The molecule has 4 aliphatic heterocycles. The molecule has 0 aromatic carbocycles. The molecule has 0 radical (unpaired) electrons. The highest BCUT2D eigenvalue weighted by Crippen LogP contribution is 2.41. The van der Waals surface area contributed by atoms with Gasteiger partial charge in [0.05, 0.1) is 11.7 Å². The second-order valence-corrected chi connectivity index (χ2v) is 11.8. The number of hydrogen-bond acceptors (Lipinski definition) is 14. The molecular weight excluding hydrogens is 581 g/mol. The Morgan fingerprint density at radius 3 is 2.90 bits per heavy atom. The Labute approximate surface area is 241 Å². The van der Waals surface area contributed by atoms with E-state index < -0.39 is 29.2 Å². The summed E-state index contributed by atoms with van der Waals surface area (Å²) in [7, 11) is 0. The summed E-state index contributed by atoms with van der Waals surface area (Å²) in [6.45, 7) is 2.25. The monoisotopic (exact) mass is 606 g/mol. The Morgan fingerprint density at radius 1 is 1.38 bits per heavy atom. The minimum absolute atomic E-state index is 0.0652. The summed E-state index contributed by atoms with van der Waals surface area (Å²) in [6, 6.07) is -0.941. The van der Waals surface area contributed by atoms with Crippen molar-refractivity contribution in [3.63, 3.8) is 0 Å². The number of anilines is 1. The summed E-state index contributed by atoms with van der Waals surface area (Å²) in [5.74, 6) is -0.715. The number of amides is 2. The lowest BCUT2D eigenvalue weighted by atomic mass is 10.0. The molecule has 14 nitrogen and oxygen atoms in total. The first-order chi connectivity index (χ1) is 19.3. The number of oxime groups is 1. The average Bonchev–Trinajstić information content (AvgIpc) is 3.55. The fraction of sp³-hybridized carbons (Fsp3) is 0.391. The van der Waals surface area contributed by atoms with E-state index >= 15 is 0 Å². The quantitative estimate of drug-likeness (QED) is 0.165. The molecule has 0 bridgehead atoms. The molecule has 1 fully saturated rings. The fourth-order valence-corrected chi connectivity index (χ4v) is 6.95. The van der Waals surface area contributed by atoms with Crippen molar-refractivity contribution >= 4 is 68.5 Å². The highest BCUT2D eigenvalue weighted by molar-refractivity contribution is 8.13. The number of carbonyl (C=O) groups is 3. The molecule has 40 heavy (non-hydrogen) atoms. The van der Waals surface area contributed by atoms with Crippen LogP contribution < -0.4 is 11.1 Å². The molecular formula is C23H26N8O6S3. The van der Waals surface area contributed by atoms with Crippen molar-refractivity contribution < 1.29 is 29.4 Å². The van der Waals surface area contributed by atoms with E-state index in [2.05, 4.69) is 20.6 Å². The lowest BCUT2D eigenvalue weighted by molar-refractivity contribution is -0.150. The molecule has 0 unspecified atom stereocenters. The molecule has 1 aromatic rings. The third-order valence-electron chi connectivity index (χ3n) is 6.12. The number of aromatic nitrogens is 1. The summed E-state index contributed by atoms with van der Waals surface area (Å²) in [5.41, 5.74) is 6.28. The SMILES string of the molecule is CCON=C(C(=O)N[C@@H]1C(=O)N2C(C(=O)O)=C(CN3C=CN4N=C(SCCO)CC=C34)CS[C@@H]12)c1csc(N)n1. The number of nitrogens with one attached hydrogen (secondary N) is 1. The molecule has 0 spiro atoms. The molecule has 17 heteroatoms. The number of aliphatic hydroxyl groups is 1. The van der Waals surface area contributed by atoms with Crippen molar-refractivity contribution in [1.29, 1.82) is 0 Å². The highest BCUT2D eigenvalue weighted by atomic mass is 32.2. The van der Waals surface area contributed by atoms with E-state index in [1.54, 1.807) is 23.5 Å². The summed E-state index contributed by atoms with van der Waals surface area (Å²) >= 11 is 3.99. The van der Waals surface area contributed by atoms with Gasteiger partial charge in [-0.15, -0.1) is 34.9 Å². The van der Waals surface area contributed by atoms with Gasteiger partial charge in [0.1, 0.15) is 35.2 Å². The predicted octanol–water partition coefficient (Wildman–Crippen LogP) is 0.577. The Balaban J connectivity index is 1.29. The number of allylic oxidation sites excluding steroid dienone is 1. The standard InChI is InChI=1S/C23H26N8O6S3/c1-2-37-28-16(13-11-40-23(24)25-13)19(33)26-17-20(34)31-18(22(35)36)12(10-39-21(17)31)9-29-5-6-30-15(29)4-3-14(27-30)38-8-7-32/h4-6,11,17,21,32H,2-3,7-10H2,1H3,(H2,24,25)(H,26,33)(H,35,36)/t17-,21+/m1/s1. The van der Waals surface area contributed by atoms with Gasteiger partial charge in [-0.2, -0.15) is 5.10 Å². The minimum atomic E-state index is -1.21. The first-order valence-corrected chi connectivity index (χ1v) is 15.1. The lowest BCUT2D eigenvalue weighted by Gasteiger charge is -2.49. The van der Waals surface area contributed by atoms with Crippen LogP contribution in [0.15, 0.2) is 51.2 Å². The van der Waals surface area contributed by atoms with Crippen molar-refractivity contribution in [3.05, 3.63) is 46.6 Å². The van der Waals surface area contributed by atoms with E-state index in [0.717, 1.165) is 22.2 Å². The number of aliphatic hydroxyl groups excluding tert-OH is 1. The number of carbonyl (C=O) groups excluding carboxylic acids is 2. The van der Waals surface area contributed by atoms with Gasteiger partial charge in [0.15, 0.2) is 10.8 Å². The Morgan fingerprint density at radius 2 is 2.20 bits per heavy atom. The maximum Gasteiger partial charge on any atom is 0.352 e. The van der Waals surface area contributed by atoms with Crippen molar-refractivity contribution in [2.24, 2.45) is 10.3 Å². The number of nitrogens with two attached hydrogens (primary N) is 1. The summed E-state index contributed by atoms with van der Waals surface area (Å²) in [6.07, 6.45) is 6.18. The molecule has 2 amide bonds. The average molecular weight is 607 g/mol. The first kappa shape index (κ1) is 28.0. The number of nitrogens with zero attached hydrogens (tertiary/aromatic N) is 6. The minimum Gasteiger partial charge on any atom is -0.477 e. The van der Waals surface area contributed by atoms with E-state index in [4.69, 9.17) is 15.7 Å². The molecule has 1 aromatic heterocycles. The molecule has 5 heterocycles. The molecule has 5 rings (SSSR count). The van der Waals surface area contributed by atoms with Crippen LogP contribution in [-0.2, 0) is 19.2 Å². The highest BCUT2D eigenvalue weighted by Gasteiger charge is 2.54. The van der Waals surface area contributed by atoms with Crippen LogP contribution in [0.1, 0.15) is 19.0 Å². The number of carboxylic acid groups (broad SMARTS) is 1. The molecule has 0 aliphatic carbocycles. The maximum atomic E-state index is 13.2. The van der Waals surface area contributed by atoms with Gasteiger partial charge in [-0.1, -0.05) is 5.16 Å². The molecule has 5 N–H and O–H groups in total. The van der Waals surface area contributed by atoms with Crippen LogP contribution >= 0.6 is 34.9 Å². The number of β-lactam (4-membered cyclic amide) rings is 1. The molecule has 0 saturated carbocycles. The largest absolute Gasteiger partial charge is 0.477 e. The van der Waals surface area contributed by atoms with Gasteiger partial charge in [0, 0.05) is 42.3 Å². The third-order valence-corrected chi connectivity index (χ3v) is 9.10. The van der Waals surface area contributed by atoms with Gasteiger partial charge >= 0.3 is 5.97 Å². The van der Waals surface area contributed by atoms with Gasteiger partial charge in [0.25, 0.3) is 11.8 Å². The fourth-order valence-electron chi connectivity index (χ4n) is 4.40. The number of rotatable bonds is 10. The number of hydrogen-bond donors (Lipinski definition) is 4. The smallest absolute Gasteiger partial charge is 0.352 e. The number of thiazole rings is 1. The van der Waals surface area contributed by atoms with E-state index in [1.807, 2.05) is 17.2 Å². The number of thioether (sulfide) groups is 2. The van der Waals surface area contributed by atoms with Crippen LogP contribution in [0.2, 0.25) is 0 Å². The Kier molecular flexibility index (Phi) is 8.34. The third kappa shape index (κ3) is 5.41. The Bertz CT molecular complexity index is 1370. The van der Waals surface area contributed by atoms with E-state index in [-0.39, 0.29) is 42.0 Å². The van der Waals surface area contributed by atoms with E-state index in [0.29, 0.717) is 23.5 Å². The number of carboxylic acids is 1. The van der Waals surface area contributed by atoms with E-state index in [1.165, 1.54) is 28.4 Å². The molecule has 212 valence electrons. The normalized spacial score (nSPS) is 22.0. The van der Waals surface area contributed by atoms with Gasteiger partial charge < -0.3 is 31.0 Å². The zero-order chi connectivity index (χ0) is 28.4. The summed E-state index contributed by atoms with van der Waals surface area (Å²) < 4.78 is 0. The summed E-state index contributed by atoms with van der Waals surface area (Å²) in [4.78, 5) is 50.8. The lowest BCUT2D eigenvalue weighted by Crippen LogP contribution is -2.71. The van der Waals surface area contributed by atoms with Crippen LogP contribution in [0.3, 0.4) is 0 Å². The van der Waals surface area contributed by atoms with Crippen LogP contribution in [0.5, 0.6) is 0 Å². The topological polar surface area (TPSA) is 186 Å². The molecule has 1 saturated heterocycles. The van der Waals surface area contributed by atoms with Crippen molar-refractivity contribution in [2.45, 2.75) is 24.8 Å². The van der Waals surface area contributed by atoms with Crippen LogP contribution in [-0.4, -0.2) is 101 Å². The zero-order valence-electron chi connectivity index (χ0n) is 21.2. The van der Waals surface area contributed by atoms with Gasteiger partial charge in [-0.05, 0) is 18.6 Å². The van der Waals surface area contributed by atoms with Crippen LogP contribution in [0.4, 0.5) is 5.13 Å². The molecule has 4 aliphatic rings. The molecule has 2 atom stereocenters. The van der Waals surface area contributed by atoms with Crippen LogP contribution in [0.25, 0.3) is 0 Å². The number of fused-ring (bicyclic) bond motifs is 2. The van der Waals surface area contributed by atoms with Gasteiger partial charge in [-0.3, -0.25) is 14.5 Å². The number of nitrogen functional groups attached to an aromatic ring is 1. The maximum absolute atomic E-state index is 13.2.